The minimum absolute atomic E-state index is 0.1000. The van der Waals surface area contributed by atoms with Gasteiger partial charge in [0.05, 0.1) is 10.6 Å². The SMILES string of the molecule is CCCC1CCC(NC(=O)c2cnccc2Cl)CC1. The zero-order valence-corrected chi connectivity index (χ0v) is 12.1. The number of halogens is 1. The van der Waals surface area contributed by atoms with Crippen molar-refractivity contribution in [2.45, 2.75) is 51.5 Å². The molecule has 1 heterocycles. The number of carbonyl (C=O) groups excluding carboxylic acids is 1. The Morgan fingerprint density at radius 2 is 2.16 bits per heavy atom. The van der Waals surface area contributed by atoms with Gasteiger partial charge in [-0.15, -0.1) is 0 Å². The molecule has 19 heavy (non-hydrogen) atoms. The van der Waals surface area contributed by atoms with E-state index < -0.39 is 0 Å². The van der Waals surface area contributed by atoms with Gasteiger partial charge in [-0.05, 0) is 37.7 Å². The van der Waals surface area contributed by atoms with E-state index in [0.717, 1.165) is 18.8 Å². The standard InChI is InChI=1S/C15H21ClN2O/c1-2-3-11-4-6-12(7-5-11)18-15(19)13-10-17-9-8-14(13)16/h8-12H,2-7H2,1H3,(H,18,19). The van der Waals surface area contributed by atoms with Crippen LogP contribution in [-0.2, 0) is 0 Å². The number of rotatable bonds is 4. The third kappa shape index (κ3) is 3.93. The van der Waals surface area contributed by atoms with Gasteiger partial charge >= 0.3 is 0 Å². The van der Waals surface area contributed by atoms with E-state index in [9.17, 15) is 4.79 Å². The molecular formula is C15H21ClN2O. The van der Waals surface area contributed by atoms with Gasteiger partial charge < -0.3 is 5.32 Å². The first-order valence-electron chi connectivity index (χ1n) is 7.11. The predicted octanol–water partition coefficient (Wildman–Crippen LogP) is 3.82. The molecule has 0 spiro atoms. The van der Waals surface area contributed by atoms with Crippen LogP contribution in [0.15, 0.2) is 18.5 Å². The Hall–Kier alpha value is -1.09. The fourth-order valence-corrected chi connectivity index (χ4v) is 3.00. The summed E-state index contributed by atoms with van der Waals surface area (Å²) in [5, 5.41) is 3.54. The molecule has 1 saturated carbocycles. The lowest BCUT2D eigenvalue weighted by Crippen LogP contribution is -2.37. The maximum atomic E-state index is 12.1. The number of hydrogen-bond donors (Lipinski definition) is 1. The van der Waals surface area contributed by atoms with E-state index >= 15 is 0 Å². The van der Waals surface area contributed by atoms with Gasteiger partial charge in [-0.25, -0.2) is 0 Å². The summed E-state index contributed by atoms with van der Waals surface area (Å²) in [4.78, 5) is 16.1. The molecule has 0 unspecified atom stereocenters. The second-order valence-electron chi connectivity index (χ2n) is 5.34. The molecule has 2 rings (SSSR count). The summed E-state index contributed by atoms with van der Waals surface area (Å²) in [6.07, 6.45) is 10.3. The molecule has 0 radical (unpaired) electrons. The zero-order valence-electron chi connectivity index (χ0n) is 11.4. The number of aromatic nitrogens is 1. The third-order valence-electron chi connectivity index (χ3n) is 3.89. The van der Waals surface area contributed by atoms with Crippen LogP contribution < -0.4 is 5.32 Å². The van der Waals surface area contributed by atoms with Crippen LogP contribution in [0.3, 0.4) is 0 Å². The van der Waals surface area contributed by atoms with Crippen molar-refractivity contribution in [3.05, 3.63) is 29.0 Å². The first kappa shape index (κ1) is 14.3. The van der Waals surface area contributed by atoms with E-state index in [0.29, 0.717) is 10.6 Å². The molecule has 0 aliphatic heterocycles. The van der Waals surface area contributed by atoms with Crippen LogP contribution in [0.4, 0.5) is 0 Å². The maximum absolute atomic E-state index is 12.1. The number of nitrogens with one attached hydrogen (secondary N) is 1. The summed E-state index contributed by atoms with van der Waals surface area (Å²) in [6.45, 7) is 2.23. The molecule has 0 bridgehead atoms. The van der Waals surface area contributed by atoms with E-state index in [1.54, 1.807) is 12.3 Å². The van der Waals surface area contributed by atoms with Gasteiger partial charge in [0.25, 0.3) is 5.91 Å². The highest BCUT2D eigenvalue weighted by molar-refractivity contribution is 6.33. The van der Waals surface area contributed by atoms with E-state index in [4.69, 9.17) is 11.6 Å². The van der Waals surface area contributed by atoms with Gasteiger partial charge in [0, 0.05) is 18.4 Å². The van der Waals surface area contributed by atoms with E-state index in [1.165, 1.54) is 31.9 Å². The van der Waals surface area contributed by atoms with Crippen molar-refractivity contribution < 1.29 is 4.79 Å². The summed E-state index contributed by atoms with van der Waals surface area (Å²) in [5.41, 5.74) is 0.472. The molecule has 4 heteroatoms. The molecule has 1 aliphatic carbocycles. The summed E-state index contributed by atoms with van der Waals surface area (Å²) in [5.74, 6) is 0.747. The molecule has 1 aliphatic rings. The molecule has 1 amide bonds. The van der Waals surface area contributed by atoms with Gasteiger partial charge in [0.2, 0.25) is 0 Å². The fourth-order valence-electron chi connectivity index (χ4n) is 2.81. The van der Waals surface area contributed by atoms with Crippen LogP contribution in [0, 0.1) is 5.92 Å². The molecule has 104 valence electrons. The topological polar surface area (TPSA) is 42.0 Å². The van der Waals surface area contributed by atoms with Crippen LogP contribution in [0.25, 0.3) is 0 Å². The van der Waals surface area contributed by atoms with Gasteiger partial charge in [-0.3, -0.25) is 9.78 Å². The lowest BCUT2D eigenvalue weighted by molar-refractivity contribution is 0.0921. The first-order chi connectivity index (χ1) is 9.20. The molecular weight excluding hydrogens is 260 g/mol. The summed E-state index contributed by atoms with van der Waals surface area (Å²) < 4.78 is 0. The second kappa shape index (κ2) is 6.90. The summed E-state index contributed by atoms with van der Waals surface area (Å²) >= 11 is 6.00. The number of hydrogen-bond acceptors (Lipinski definition) is 2. The van der Waals surface area contributed by atoms with Crippen LogP contribution in [0.2, 0.25) is 5.02 Å². The molecule has 3 nitrogen and oxygen atoms in total. The number of carbonyl (C=O) groups is 1. The Kier molecular flexibility index (Phi) is 5.20. The largest absolute Gasteiger partial charge is 0.349 e. The normalized spacial score (nSPS) is 23.1. The van der Waals surface area contributed by atoms with Crippen molar-refractivity contribution >= 4 is 17.5 Å². The summed E-state index contributed by atoms with van der Waals surface area (Å²) in [6, 6.07) is 1.94. The highest BCUT2D eigenvalue weighted by Gasteiger charge is 2.22. The van der Waals surface area contributed by atoms with Crippen molar-refractivity contribution in [3.8, 4) is 0 Å². The fraction of sp³-hybridized carbons (Fsp3) is 0.600. The van der Waals surface area contributed by atoms with Crippen LogP contribution >= 0.6 is 11.6 Å². The molecule has 1 N–H and O–H groups in total. The Bertz CT molecular complexity index is 428. The monoisotopic (exact) mass is 280 g/mol. The van der Waals surface area contributed by atoms with Crippen molar-refractivity contribution in [1.29, 1.82) is 0 Å². The average Bonchev–Trinajstić information content (AvgIpc) is 2.42. The molecule has 0 atom stereocenters. The Morgan fingerprint density at radius 1 is 1.42 bits per heavy atom. The molecule has 1 aromatic rings. The van der Waals surface area contributed by atoms with Gasteiger partial charge in [-0.2, -0.15) is 0 Å². The first-order valence-corrected chi connectivity index (χ1v) is 7.49. The molecule has 1 fully saturated rings. The Morgan fingerprint density at radius 3 is 2.79 bits per heavy atom. The maximum Gasteiger partial charge on any atom is 0.254 e. The molecule has 1 aromatic heterocycles. The number of pyridine rings is 1. The smallest absolute Gasteiger partial charge is 0.254 e. The molecule has 0 aromatic carbocycles. The van der Waals surface area contributed by atoms with Crippen molar-refractivity contribution in [3.63, 3.8) is 0 Å². The van der Waals surface area contributed by atoms with Crippen LogP contribution in [0.5, 0.6) is 0 Å². The average molecular weight is 281 g/mol. The molecule has 0 saturated heterocycles. The second-order valence-corrected chi connectivity index (χ2v) is 5.74. The van der Waals surface area contributed by atoms with Crippen molar-refractivity contribution in [2.24, 2.45) is 5.92 Å². The van der Waals surface area contributed by atoms with Crippen LogP contribution in [0.1, 0.15) is 55.8 Å². The highest BCUT2D eigenvalue weighted by Crippen LogP contribution is 2.28. The van der Waals surface area contributed by atoms with Crippen molar-refractivity contribution in [1.82, 2.24) is 10.3 Å². The van der Waals surface area contributed by atoms with Crippen LogP contribution in [-0.4, -0.2) is 16.9 Å². The lowest BCUT2D eigenvalue weighted by Gasteiger charge is -2.29. The van der Waals surface area contributed by atoms with E-state index in [2.05, 4.69) is 17.2 Å². The predicted molar refractivity (Wildman–Crippen MR) is 77.4 cm³/mol. The van der Waals surface area contributed by atoms with Gasteiger partial charge in [0.15, 0.2) is 0 Å². The minimum Gasteiger partial charge on any atom is -0.349 e. The van der Waals surface area contributed by atoms with Gasteiger partial charge in [0.1, 0.15) is 0 Å². The Labute approximate surface area is 119 Å². The lowest BCUT2D eigenvalue weighted by atomic mass is 9.83. The number of amides is 1. The van der Waals surface area contributed by atoms with Crippen molar-refractivity contribution in [2.75, 3.05) is 0 Å². The quantitative estimate of drug-likeness (QED) is 0.911. The summed E-state index contributed by atoms with van der Waals surface area (Å²) in [7, 11) is 0. The zero-order chi connectivity index (χ0) is 13.7. The number of nitrogens with zero attached hydrogens (tertiary/aromatic N) is 1. The Balaban J connectivity index is 1.86. The van der Waals surface area contributed by atoms with E-state index in [-0.39, 0.29) is 11.9 Å². The van der Waals surface area contributed by atoms with Gasteiger partial charge in [-0.1, -0.05) is 31.4 Å². The third-order valence-corrected chi connectivity index (χ3v) is 4.22. The highest BCUT2D eigenvalue weighted by atomic mass is 35.5. The minimum atomic E-state index is -0.1000. The van der Waals surface area contributed by atoms with E-state index in [1.807, 2.05) is 0 Å².